The number of nitrogens with zero attached hydrogens (tertiary/aromatic N) is 6. The molecular weight excluding hydrogens is 323 g/mol. The van der Waals surface area contributed by atoms with Gasteiger partial charge in [-0.25, -0.2) is 9.65 Å². The van der Waals surface area contributed by atoms with Crippen LogP contribution in [-0.2, 0) is 4.57 Å². The van der Waals surface area contributed by atoms with E-state index in [0.29, 0.717) is 11.4 Å². The molecule has 2 aromatic rings. The zero-order chi connectivity index (χ0) is 16.6. The molecule has 2 fully saturated rings. The topological polar surface area (TPSA) is 67.2 Å². The van der Waals surface area contributed by atoms with Gasteiger partial charge in [0.05, 0.1) is 0 Å². The number of hydrogen-bond donors (Lipinski definition) is 0. The van der Waals surface area contributed by atoms with Gasteiger partial charge in [-0.2, -0.15) is 0 Å². The second kappa shape index (κ2) is 6.30. The van der Waals surface area contributed by atoms with Crippen molar-refractivity contribution in [2.45, 2.75) is 25.7 Å². The molecule has 0 saturated carbocycles. The van der Waals surface area contributed by atoms with Gasteiger partial charge >= 0.3 is 0 Å². The van der Waals surface area contributed by atoms with Gasteiger partial charge in [0.25, 0.3) is 0 Å². The minimum Gasteiger partial charge on any atom is -0.355 e. The van der Waals surface area contributed by atoms with Crippen LogP contribution >= 0.6 is 7.29 Å². The van der Waals surface area contributed by atoms with Crippen LogP contribution in [0.25, 0.3) is 5.82 Å². The van der Waals surface area contributed by atoms with Crippen molar-refractivity contribution in [1.82, 2.24) is 24.4 Å². The van der Waals surface area contributed by atoms with E-state index in [4.69, 9.17) is 0 Å². The third kappa shape index (κ3) is 2.76. The van der Waals surface area contributed by atoms with Crippen molar-refractivity contribution in [3.63, 3.8) is 0 Å². The summed E-state index contributed by atoms with van der Waals surface area (Å²) in [6.07, 6.45) is 8.14. The summed E-state index contributed by atoms with van der Waals surface area (Å²) in [6.45, 7) is 5.65. The third-order valence-electron chi connectivity index (χ3n) is 4.93. The number of anilines is 1. The van der Waals surface area contributed by atoms with E-state index >= 15 is 0 Å². The first-order valence-electron chi connectivity index (χ1n) is 8.62. The lowest BCUT2D eigenvalue weighted by Crippen LogP contribution is -2.29. The van der Waals surface area contributed by atoms with Gasteiger partial charge in [0.2, 0.25) is 7.29 Å². The van der Waals surface area contributed by atoms with Crippen molar-refractivity contribution >= 4 is 18.7 Å². The van der Waals surface area contributed by atoms with Gasteiger partial charge in [-0.15, -0.1) is 10.2 Å². The van der Waals surface area contributed by atoms with E-state index in [9.17, 15) is 4.57 Å². The Labute approximate surface area is 142 Å². The highest BCUT2D eigenvalue weighted by Crippen LogP contribution is 2.46. The van der Waals surface area contributed by atoms with Crippen molar-refractivity contribution < 1.29 is 4.57 Å². The van der Waals surface area contributed by atoms with Crippen LogP contribution in [0.5, 0.6) is 0 Å². The Morgan fingerprint density at radius 2 is 1.58 bits per heavy atom. The van der Waals surface area contributed by atoms with E-state index in [-0.39, 0.29) is 0 Å². The maximum Gasteiger partial charge on any atom is 0.210 e. The van der Waals surface area contributed by atoms with Crippen LogP contribution in [0.3, 0.4) is 0 Å². The first-order valence-corrected chi connectivity index (χ1v) is 10.7. The van der Waals surface area contributed by atoms with Gasteiger partial charge in [-0.3, -0.25) is 9.13 Å². The normalized spacial score (nSPS) is 21.3. The summed E-state index contributed by atoms with van der Waals surface area (Å²) >= 11 is 0. The van der Waals surface area contributed by atoms with Crippen LogP contribution in [0.2, 0.25) is 0 Å². The number of imidazole rings is 1. The first kappa shape index (κ1) is 15.8. The summed E-state index contributed by atoms with van der Waals surface area (Å²) < 4.78 is 17.2. The SMILES string of the molecule is CP(=O)(c1nccn1-c1ccc(N2CCCC2)nn1)N1CCCC1. The van der Waals surface area contributed by atoms with Crippen LogP contribution in [0.4, 0.5) is 5.82 Å². The summed E-state index contributed by atoms with van der Waals surface area (Å²) in [4.78, 5) is 6.64. The van der Waals surface area contributed by atoms with Gasteiger partial charge in [0.15, 0.2) is 17.2 Å². The lowest BCUT2D eigenvalue weighted by Gasteiger charge is -2.24. The summed E-state index contributed by atoms with van der Waals surface area (Å²) in [7, 11) is -2.67. The molecule has 2 aliphatic rings. The molecule has 1 atom stereocenters. The summed E-state index contributed by atoms with van der Waals surface area (Å²) in [6, 6.07) is 3.93. The minimum absolute atomic E-state index is 0.590. The molecule has 2 aliphatic heterocycles. The maximum atomic E-state index is 13.3. The lowest BCUT2D eigenvalue weighted by atomic mass is 10.4. The van der Waals surface area contributed by atoms with E-state index in [2.05, 4.69) is 24.8 Å². The van der Waals surface area contributed by atoms with Gasteiger partial charge in [-0.1, -0.05) is 0 Å². The first-order chi connectivity index (χ1) is 11.7. The largest absolute Gasteiger partial charge is 0.355 e. The Bertz CT molecular complexity index is 746. The van der Waals surface area contributed by atoms with Crippen molar-refractivity contribution in [1.29, 1.82) is 0 Å². The number of hydrogen-bond acceptors (Lipinski definition) is 5. The molecule has 0 bridgehead atoms. The maximum absolute atomic E-state index is 13.3. The van der Waals surface area contributed by atoms with Crippen LogP contribution < -0.4 is 10.5 Å². The van der Waals surface area contributed by atoms with Crippen LogP contribution in [-0.4, -0.2) is 57.3 Å². The molecule has 0 N–H and O–H groups in total. The predicted octanol–water partition coefficient (Wildman–Crippen LogP) is 1.89. The monoisotopic (exact) mass is 346 g/mol. The highest BCUT2D eigenvalue weighted by Gasteiger charge is 2.34. The average molecular weight is 346 g/mol. The highest BCUT2D eigenvalue weighted by molar-refractivity contribution is 7.68. The molecule has 2 aromatic heterocycles. The minimum atomic E-state index is -2.67. The van der Waals surface area contributed by atoms with Gasteiger partial charge in [0, 0.05) is 45.2 Å². The fourth-order valence-electron chi connectivity index (χ4n) is 3.55. The summed E-state index contributed by atoms with van der Waals surface area (Å²) in [5, 5.41) is 8.72. The summed E-state index contributed by atoms with van der Waals surface area (Å²) in [5.41, 5.74) is 0.590. The molecule has 0 aromatic carbocycles. The highest BCUT2D eigenvalue weighted by atomic mass is 31.2. The van der Waals surface area contributed by atoms with Crippen molar-refractivity contribution in [3.8, 4) is 5.82 Å². The number of rotatable bonds is 4. The van der Waals surface area contributed by atoms with E-state index < -0.39 is 7.29 Å². The van der Waals surface area contributed by atoms with E-state index in [1.165, 1.54) is 12.8 Å². The third-order valence-corrected chi connectivity index (χ3v) is 7.48. The van der Waals surface area contributed by atoms with Crippen molar-refractivity contribution in [2.24, 2.45) is 0 Å². The van der Waals surface area contributed by atoms with Gasteiger partial charge < -0.3 is 4.90 Å². The second-order valence-electron chi connectivity index (χ2n) is 6.58. The standard InChI is InChI=1S/C16H23N6OP/c1-24(23,21-11-4-5-12-21)16-17-8-13-22(16)15-7-6-14(18-19-15)20-9-2-3-10-20/h6-8,13H,2-5,9-12H2,1H3. The molecular formula is C16H23N6OP. The Kier molecular flexibility index (Phi) is 4.14. The zero-order valence-electron chi connectivity index (χ0n) is 14.0. The van der Waals surface area contributed by atoms with Gasteiger partial charge in [-0.05, 0) is 37.8 Å². The molecule has 7 nitrogen and oxygen atoms in total. The Hall–Kier alpha value is -1.72. The van der Waals surface area contributed by atoms with Crippen LogP contribution in [0.1, 0.15) is 25.7 Å². The predicted molar refractivity (Wildman–Crippen MR) is 94.6 cm³/mol. The Morgan fingerprint density at radius 3 is 2.25 bits per heavy atom. The van der Waals surface area contributed by atoms with E-state index in [0.717, 1.165) is 44.8 Å². The molecule has 2 saturated heterocycles. The molecule has 4 rings (SSSR count). The fraction of sp³-hybridized carbons (Fsp3) is 0.562. The molecule has 4 heterocycles. The van der Waals surface area contributed by atoms with Crippen molar-refractivity contribution in [3.05, 3.63) is 24.5 Å². The Morgan fingerprint density at radius 1 is 0.958 bits per heavy atom. The second-order valence-corrected chi connectivity index (χ2v) is 9.30. The molecule has 128 valence electrons. The zero-order valence-corrected chi connectivity index (χ0v) is 14.9. The fourth-order valence-corrected chi connectivity index (χ4v) is 5.70. The molecule has 0 spiro atoms. The van der Waals surface area contributed by atoms with E-state index in [1.54, 1.807) is 6.20 Å². The molecule has 8 heteroatoms. The molecule has 1 unspecified atom stereocenters. The molecule has 0 radical (unpaired) electrons. The summed E-state index contributed by atoms with van der Waals surface area (Å²) in [5.74, 6) is 1.59. The molecule has 24 heavy (non-hydrogen) atoms. The lowest BCUT2D eigenvalue weighted by molar-refractivity contribution is 0.486. The van der Waals surface area contributed by atoms with Crippen molar-refractivity contribution in [2.75, 3.05) is 37.7 Å². The van der Waals surface area contributed by atoms with Crippen LogP contribution in [0.15, 0.2) is 24.5 Å². The Balaban J connectivity index is 1.63. The van der Waals surface area contributed by atoms with Crippen LogP contribution in [0, 0.1) is 0 Å². The smallest absolute Gasteiger partial charge is 0.210 e. The molecule has 0 aliphatic carbocycles. The van der Waals surface area contributed by atoms with E-state index in [1.807, 2.05) is 29.6 Å². The molecule has 0 amide bonds. The number of aromatic nitrogens is 4. The quantitative estimate of drug-likeness (QED) is 0.788. The average Bonchev–Trinajstić information content (AvgIpc) is 3.37. The van der Waals surface area contributed by atoms with Gasteiger partial charge in [0.1, 0.15) is 0 Å².